The van der Waals surface area contributed by atoms with Crippen LogP contribution in [0.2, 0.25) is 0 Å². The van der Waals surface area contributed by atoms with Crippen molar-refractivity contribution in [2.24, 2.45) is 0 Å². The first-order valence-corrected chi connectivity index (χ1v) is 5.74. The van der Waals surface area contributed by atoms with E-state index in [-0.39, 0.29) is 6.61 Å². The lowest BCUT2D eigenvalue weighted by atomic mass is 10.2. The second kappa shape index (κ2) is 5.39. The smallest absolute Gasteiger partial charge is 0.253 e. The number of hydrogen-bond donors (Lipinski definition) is 0. The highest BCUT2D eigenvalue weighted by molar-refractivity contribution is 9.10. The normalized spacial score (nSPS) is 10.4. The first-order valence-electron chi connectivity index (χ1n) is 4.95. The quantitative estimate of drug-likeness (QED) is 0.802. The van der Waals surface area contributed by atoms with Crippen LogP contribution in [-0.2, 0) is 6.61 Å². The van der Waals surface area contributed by atoms with Gasteiger partial charge in [-0.25, -0.2) is 8.78 Å². The summed E-state index contributed by atoms with van der Waals surface area (Å²) in [5.41, 5.74) is 0.746. The van der Waals surface area contributed by atoms with Gasteiger partial charge < -0.3 is 4.74 Å². The Balaban J connectivity index is 2.13. The van der Waals surface area contributed by atoms with Gasteiger partial charge in [0.05, 0.1) is 0 Å². The lowest BCUT2D eigenvalue weighted by molar-refractivity contribution is 0.268. The van der Waals surface area contributed by atoms with Gasteiger partial charge in [-0.2, -0.15) is 9.37 Å². The van der Waals surface area contributed by atoms with Crippen LogP contribution in [0.25, 0.3) is 0 Å². The standard InChI is InChI=1S/C12H7BrF3NO/c13-8-3-1-2-7(4-8)6-18-12-10(15)5-9(14)11(16)17-12/h1-5H,6H2. The minimum atomic E-state index is -1.39. The van der Waals surface area contributed by atoms with Crippen molar-refractivity contribution in [3.63, 3.8) is 0 Å². The Kier molecular flexibility index (Phi) is 3.86. The first kappa shape index (κ1) is 12.9. The number of halogens is 4. The van der Waals surface area contributed by atoms with E-state index in [1.807, 2.05) is 6.07 Å². The Morgan fingerprint density at radius 2 is 1.89 bits per heavy atom. The fraction of sp³-hybridized carbons (Fsp3) is 0.0833. The Hall–Kier alpha value is -1.56. The van der Waals surface area contributed by atoms with Crippen LogP contribution in [0.15, 0.2) is 34.8 Å². The molecule has 0 aliphatic rings. The maximum atomic E-state index is 13.2. The molecular formula is C12H7BrF3NO. The summed E-state index contributed by atoms with van der Waals surface area (Å²) in [6, 6.07) is 7.51. The summed E-state index contributed by atoms with van der Waals surface area (Å²) in [5.74, 6) is -4.33. The van der Waals surface area contributed by atoms with Crippen LogP contribution in [0, 0.1) is 17.6 Å². The summed E-state index contributed by atoms with van der Waals surface area (Å²) in [6.45, 7) is 0.00837. The molecule has 6 heteroatoms. The molecule has 2 nitrogen and oxygen atoms in total. The predicted molar refractivity (Wildman–Crippen MR) is 62.6 cm³/mol. The topological polar surface area (TPSA) is 22.1 Å². The lowest BCUT2D eigenvalue weighted by Gasteiger charge is -2.06. The third-order valence-corrected chi connectivity index (χ3v) is 2.61. The molecular weight excluding hydrogens is 311 g/mol. The highest BCUT2D eigenvalue weighted by Gasteiger charge is 2.12. The minimum absolute atomic E-state index is 0.00837. The summed E-state index contributed by atoms with van der Waals surface area (Å²) in [4.78, 5) is 3.06. The third kappa shape index (κ3) is 3.01. The van der Waals surface area contributed by atoms with Gasteiger partial charge in [0, 0.05) is 10.5 Å². The minimum Gasteiger partial charge on any atom is -0.471 e. The fourth-order valence-electron chi connectivity index (χ4n) is 1.31. The lowest BCUT2D eigenvalue weighted by Crippen LogP contribution is -2.02. The molecule has 0 fully saturated rings. The van der Waals surface area contributed by atoms with Crippen molar-refractivity contribution in [2.75, 3.05) is 0 Å². The van der Waals surface area contributed by atoms with Gasteiger partial charge in [-0.15, -0.1) is 0 Å². The molecule has 0 N–H and O–H groups in total. The average molecular weight is 318 g/mol. The molecule has 94 valence electrons. The Morgan fingerprint density at radius 1 is 1.11 bits per heavy atom. The molecule has 1 aromatic carbocycles. The molecule has 0 aliphatic carbocycles. The van der Waals surface area contributed by atoms with Gasteiger partial charge in [-0.05, 0) is 17.7 Å². The van der Waals surface area contributed by atoms with Crippen LogP contribution in [0.5, 0.6) is 5.88 Å². The van der Waals surface area contributed by atoms with E-state index in [9.17, 15) is 13.2 Å². The van der Waals surface area contributed by atoms with E-state index in [4.69, 9.17) is 4.74 Å². The van der Waals surface area contributed by atoms with Crippen molar-refractivity contribution in [2.45, 2.75) is 6.61 Å². The van der Waals surface area contributed by atoms with Gasteiger partial charge >= 0.3 is 0 Å². The van der Waals surface area contributed by atoms with Gasteiger partial charge in [0.1, 0.15) is 6.61 Å². The van der Waals surface area contributed by atoms with Crippen molar-refractivity contribution >= 4 is 15.9 Å². The van der Waals surface area contributed by atoms with Crippen molar-refractivity contribution in [3.8, 4) is 5.88 Å². The molecule has 0 saturated carbocycles. The van der Waals surface area contributed by atoms with Gasteiger partial charge in [-0.1, -0.05) is 28.1 Å². The average Bonchev–Trinajstić information content (AvgIpc) is 2.32. The van der Waals surface area contributed by atoms with Crippen LogP contribution in [0.4, 0.5) is 13.2 Å². The van der Waals surface area contributed by atoms with Crippen molar-refractivity contribution in [1.29, 1.82) is 0 Å². The Bertz CT molecular complexity index is 577. The summed E-state index contributed by atoms with van der Waals surface area (Å²) < 4.78 is 44.5. The molecule has 0 radical (unpaired) electrons. The Labute approximate surface area is 110 Å². The van der Waals surface area contributed by atoms with Crippen molar-refractivity contribution in [1.82, 2.24) is 4.98 Å². The fourth-order valence-corrected chi connectivity index (χ4v) is 1.75. The highest BCUT2D eigenvalue weighted by Crippen LogP contribution is 2.19. The maximum Gasteiger partial charge on any atom is 0.253 e. The number of rotatable bonds is 3. The van der Waals surface area contributed by atoms with Crippen molar-refractivity contribution < 1.29 is 17.9 Å². The molecule has 0 aliphatic heterocycles. The second-order valence-electron chi connectivity index (χ2n) is 3.47. The third-order valence-electron chi connectivity index (χ3n) is 2.12. The zero-order valence-corrected chi connectivity index (χ0v) is 10.5. The largest absolute Gasteiger partial charge is 0.471 e. The number of hydrogen-bond acceptors (Lipinski definition) is 2. The zero-order chi connectivity index (χ0) is 13.1. The number of aromatic nitrogens is 1. The highest BCUT2D eigenvalue weighted by atomic mass is 79.9. The molecule has 2 rings (SSSR count). The van der Waals surface area contributed by atoms with Gasteiger partial charge in [0.2, 0.25) is 0 Å². The number of benzene rings is 1. The molecule has 0 amide bonds. The summed E-state index contributed by atoms with van der Waals surface area (Å²) in [6.07, 6.45) is 0. The summed E-state index contributed by atoms with van der Waals surface area (Å²) >= 11 is 3.27. The maximum absolute atomic E-state index is 13.2. The Morgan fingerprint density at radius 3 is 2.61 bits per heavy atom. The monoisotopic (exact) mass is 317 g/mol. The van der Waals surface area contributed by atoms with Crippen LogP contribution < -0.4 is 4.74 Å². The molecule has 0 bridgehead atoms. The van der Waals surface area contributed by atoms with E-state index >= 15 is 0 Å². The number of pyridine rings is 1. The molecule has 0 saturated heterocycles. The van der Waals surface area contributed by atoms with E-state index in [2.05, 4.69) is 20.9 Å². The second-order valence-corrected chi connectivity index (χ2v) is 4.38. The van der Waals surface area contributed by atoms with Crippen molar-refractivity contribution in [3.05, 3.63) is 58.0 Å². The van der Waals surface area contributed by atoms with Gasteiger partial charge in [-0.3, -0.25) is 0 Å². The van der Waals surface area contributed by atoms with Crippen LogP contribution in [0.1, 0.15) is 5.56 Å². The summed E-state index contributed by atoms with van der Waals surface area (Å²) in [5, 5.41) is 0. The molecule has 0 unspecified atom stereocenters. The molecule has 1 aromatic heterocycles. The van der Waals surface area contributed by atoms with Crippen LogP contribution >= 0.6 is 15.9 Å². The molecule has 18 heavy (non-hydrogen) atoms. The van der Waals surface area contributed by atoms with E-state index in [1.165, 1.54) is 0 Å². The van der Waals surface area contributed by atoms with E-state index in [0.29, 0.717) is 6.07 Å². The molecule has 1 heterocycles. The SMILES string of the molecule is Fc1cc(F)c(OCc2cccc(Br)c2)nc1F. The molecule has 0 atom stereocenters. The van der Waals surface area contributed by atoms with Gasteiger partial charge in [0.25, 0.3) is 11.8 Å². The number of ether oxygens (including phenoxy) is 1. The van der Waals surface area contributed by atoms with E-state index in [1.54, 1.807) is 18.2 Å². The number of nitrogens with zero attached hydrogens (tertiary/aromatic N) is 1. The van der Waals surface area contributed by atoms with Crippen LogP contribution in [-0.4, -0.2) is 4.98 Å². The zero-order valence-electron chi connectivity index (χ0n) is 8.96. The first-order chi connectivity index (χ1) is 8.56. The van der Waals surface area contributed by atoms with E-state index in [0.717, 1.165) is 10.0 Å². The molecule has 0 spiro atoms. The van der Waals surface area contributed by atoms with E-state index < -0.39 is 23.5 Å². The van der Waals surface area contributed by atoms with Gasteiger partial charge in [0.15, 0.2) is 11.6 Å². The predicted octanol–water partition coefficient (Wildman–Crippen LogP) is 3.84. The molecule has 2 aromatic rings. The van der Waals surface area contributed by atoms with Crippen LogP contribution in [0.3, 0.4) is 0 Å². The summed E-state index contributed by atoms with van der Waals surface area (Å²) in [7, 11) is 0.